The Morgan fingerprint density at radius 1 is 1.05 bits per heavy atom. The molecule has 0 aliphatic carbocycles. The number of hydrogen-bond donors (Lipinski definition) is 1. The van der Waals surface area contributed by atoms with Gasteiger partial charge in [0.1, 0.15) is 0 Å². The normalized spacial score (nSPS) is 30.2. The summed E-state index contributed by atoms with van der Waals surface area (Å²) in [7, 11) is 0. The highest BCUT2D eigenvalue weighted by Gasteiger charge is 2.39. The van der Waals surface area contributed by atoms with Crippen LogP contribution in [0.5, 0.6) is 0 Å². The molecule has 3 saturated heterocycles. The van der Waals surface area contributed by atoms with Crippen molar-refractivity contribution in [3.05, 3.63) is 48.7 Å². The third kappa shape index (κ3) is 2.50. The number of piperidine rings is 3. The van der Waals surface area contributed by atoms with Crippen molar-refractivity contribution >= 4 is 5.69 Å². The second kappa shape index (κ2) is 5.73. The van der Waals surface area contributed by atoms with Crippen LogP contribution in [-0.2, 0) is 0 Å². The molecule has 2 aromatic rings. The van der Waals surface area contributed by atoms with Gasteiger partial charge in [0, 0.05) is 17.6 Å². The van der Waals surface area contributed by atoms with Crippen LogP contribution in [0.2, 0.25) is 0 Å². The monoisotopic (exact) mass is 293 g/mol. The fourth-order valence-corrected chi connectivity index (χ4v) is 4.00. The SMILES string of the molecule is CC1C(Nc2ccc(-c3ccccc3)nc2)C2CCN1CC2. The molecule has 2 bridgehead atoms. The quantitative estimate of drug-likeness (QED) is 0.936. The molecule has 114 valence electrons. The van der Waals surface area contributed by atoms with Gasteiger partial charge in [-0.1, -0.05) is 30.3 Å². The molecule has 0 spiro atoms. The van der Waals surface area contributed by atoms with Crippen molar-refractivity contribution in [3.8, 4) is 11.3 Å². The van der Waals surface area contributed by atoms with Crippen molar-refractivity contribution in [1.82, 2.24) is 9.88 Å². The van der Waals surface area contributed by atoms with Gasteiger partial charge in [0.15, 0.2) is 0 Å². The molecule has 1 aromatic carbocycles. The van der Waals surface area contributed by atoms with Gasteiger partial charge in [-0.05, 0) is 50.9 Å². The van der Waals surface area contributed by atoms with Crippen LogP contribution in [0.1, 0.15) is 19.8 Å². The lowest BCUT2D eigenvalue weighted by atomic mass is 9.79. The molecular formula is C19H23N3. The maximum Gasteiger partial charge on any atom is 0.0703 e. The Balaban J connectivity index is 1.50. The van der Waals surface area contributed by atoms with E-state index in [1.54, 1.807) is 0 Å². The molecule has 4 heterocycles. The highest BCUT2D eigenvalue weighted by Crippen LogP contribution is 2.34. The summed E-state index contributed by atoms with van der Waals surface area (Å²) in [5.74, 6) is 0.814. The molecule has 3 aliphatic heterocycles. The predicted molar refractivity (Wildman–Crippen MR) is 90.8 cm³/mol. The van der Waals surface area contributed by atoms with Gasteiger partial charge in [0.25, 0.3) is 0 Å². The van der Waals surface area contributed by atoms with Crippen LogP contribution in [-0.4, -0.2) is 35.1 Å². The summed E-state index contributed by atoms with van der Waals surface area (Å²) in [6.45, 7) is 4.90. The van der Waals surface area contributed by atoms with E-state index in [-0.39, 0.29) is 0 Å². The van der Waals surface area contributed by atoms with Crippen molar-refractivity contribution < 1.29 is 0 Å². The molecule has 0 amide bonds. The third-order valence-corrected chi connectivity index (χ3v) is 5.34. The predicted octanol–water partition coefficient (Wildman–Crippen LogP) is 3.64. The summed E-state index contributed by atoms with van der Waals surface area (Å²) < 4.78 is 0. The maximum absolute atomic E-state index is 4.63. The van der Waals surface area contributed by atoms with Crippen molar-refractivity contribution in [2.24, 2.45) is 5.92 Å². The van der Waals surface area contributed by atoms with Crippen LogP contribution in [0.25, 0.3) is 11.3 Å². The van der Waals surface area contributed by atoms with Crippen molar-refractivity contribution in [3.63, 3.8) is 0 Å². The fourth-order valence-electron chi connectivity index (χ4n) is 4.00. The number of pyridine rings is 1. The molecule has 3 heteroatoms. The van der Waals surface area contributed by atoms with Crippen molar-refractivity contribution in [1.29, 1.82) is 0 Å². The number of fused-ring (bicyclic) bond motifs is 3. The van der Waals surface area contributed by atoms with E-state index in [2.05, 4.69) is 58.5 Å². The van der Waals surface area contributed by atoms with E-state index in [4.69, 9.17) is 0 Å². The summed E-state index contributed by atoms with van der Waals surface area (Å²) in [6, 6.07) is 15.8. The molecule has 1 aromatic heterocycles. The van der Waals surface area contributed by atoms with Crippen LogP contribution in [0.3, 0.4) is 0 Å². The zero-order chi connectivity index (χ0) is 14.9. The van der Waals surface area contributed by atoms with Gasteiger partial charge < -0.3 is 5.32 Å². The summed E-state index contributed by atoms with van der Waals surface area (Å²) in [6.07, 6.45) is 4.64. The first-order chi connectivity index (χ1) is 10.8. The molecule has 3 fully saturated rings. The van der Waals surface area contributed by atoms with E-state index in [1.807, 2.05) is 12.3 Å². The topological polar surface area (TPSA) is 28.2 Å². The second-order valence-corrected chi connectivity index (χ2v) is 6.58. The number of nitrogens with one attached hydrogen (secondary N) is 1. The summed E-state index contributed by atoms with van der Waals surface area (Å²) in [5, 5.41) is 3.74. The fraction of sp³-hybridized carbons (Fsp3) is 0.421. The Hall–Kier alpha value is -1.87. The van der Waals surface area contributed by atoms with E-state index in [9.17, 15) is 0 Å². The molecule has 3 nitrogen and oxygen atoms in total. The lowest BCUT2D eigenvalue weighted by Crippen LogP contribution is -2.59. The van der Waals surface area contributed by atoms with E-state index in [1.165, 1.54) is 31.5 Å². The van der Waals surface area contributed by atoms with Gasteiger partial charge in [0.2, 0.25) is 0 Å². The van der Waals surface area contributed by atoms with E-state index in [0.717, 1.165) is 17.3 Å². The Bertz CT molecular complexity index is 613. The third-order valence-electron chi connectivity index (χ3n) is 5.34. The minimum atomic E-state index is 0.562. The van der Waals surface area contributed by atoms with Gasteiger partial charge >= 0.3 is 0 Å². The summed E-state index contributed by atoms with van der Waals surface area (Å²) in [5.41, 5.74) is 3.35. The molecule has 5 rings (SSSR count). The molecule has 0 radical (unpaired) electrons. The standard InChI is InChI=1S/C19H23N3/c1-14-19(16-9-11-22(14)12-10-16)21-17-7-8-18(20-13-17)15-5-3-2-4-6-15/h2-8,13-14,16,19,21H,9-12H2,1H3. The molecule has 1 N–H and O–H groups in total. The molecule has 22 heavy (non-hydrogen) atoms. The molecule has 3 aliphatic rings. The minimum absolute atomic E-state index is 0.562. The maximum atomic E-state index is 4.63. The van der Waals surface area contributed by atoms with Crippen molar-refractivity contribution in [2.45, 2.75) is 31.8 Å². The highest BCUT2D eigenvalue weighted by atomic mass is 15.2. The lowest BCUT2D eigenvalue weighted by molar-refractivity contribution is 0.0458. The van der Waals surface area contributed by atoms with Gasteiger partial charge in [-0.3, -0.25) is 9.88 Å². The van der Waals surface area contributed by atoms with Gasteiger partial charge in [-0.25, -0.2) is 0 Å². The van der Waals surface area contributed by atoms with E-state index < -0.39 is 0 Å². The highest BCUT2D eigenvalue weighted by molar-refractivity contribution is 5.61. The molecule has 2 atom stereocenters. The molecule has 0 saturated carbocycles. The Morgan fingerprint density at radius 2 is 1.82 bits per heavy atom. The number of hydrogen-bond acceptors (Lipinski definition) is 3. The van der Waals surface area contributed by atoms with Crippen molar-refractivity contribution in [2.75, 3.05) is 18.4 Å². The number of nitrogens with zero attached hydrogens (tertiary/aromatic N) is 2. The van der Waals surface area contributed by atoms with Crippen LogP contribution >= 0.6 is 0 Å². The van der Waals surface area contributed by atoms with Crippen LogP contribution in [0, 0.1) is 5.92 Å². The van der Waals surface area contributed by atoms with Gasteiger partial charge in [-0.15, -0.1) is 0 Å². The lowest BCUT2D eigenvalue weighted by Gasteiger charge is -2.50. The number of anilines is 1. The number of benzene rings is 1. The summed E-state index contributed by atoms with van der Waals surface area (Å²) in [4.78, 5) is 7.24. The molecular weight excluding hydrogens is 270 g/mol. The first-order valence-electron chi connectivity index (χ1n) is 8.33. The zero-order valence-electron chi connectivity index (χ0n) is 13.1. The first-order valence-corrected chi connectivity index (χ1v) is 8.33. The molecule has 2 unspecified atom stereocenters. The average Bonchev–Trinajstić information content (AvgIpc) is 2.60. The average molecular weight is 293 g/mol. The Kier molecular flexibility index (Phi) is 3.59. The largest absolute Gasteiger partial charge is 0.379 e. The second-order valence-electron chi connectivity index (χ2n) is 6.58. The summed E-state index contributed by atoms with van der Waals surface area (Å²) >= 11 is 0. The Labute approximate surface area is 132 Å². The van der Waals surface area contributed by atoms with Crippen LogP contribution in [0.15, 0.2) is 48.7 Å². The van der Waals surface area contributed by atoms with Gasteiger partial charge in [-0.2, -0.15) is 0 Å². The van der Waals surface area contributed by atoms with E-state index in [0.29, 0.717) is 12.1 Å². The number of aromatic nitrogens is 1. The number of rotatable bonds is 3. The van der Waals surface area contributed by atoms with Gasteiger partial charge in [0.05, 0.1) is 17.6 Å². The zero-order valence-corrected chi connectivity index (χ0v) is 13.1. The Morgan fingerprint density at radius 3 is 2.45 bits per heavy atom. The minimum Gasteiger partial charge on any atom is -0.379 e. The first kappa shape index (κ1) is 13.8. The van der Waals surface area contributed by atoms with E-state index >= 15 is 0 Å². The smallest absolute Gasteiger partial charge is 0.0703 e. The van der Waals surface area contributed by atoms with Crippen LogP contribution < -0.4 is 5.32 Å². The van der Waals surface area contributed by atoms with Crippen LogP contribution in [0.4, 0.5) is 5.69 Å².